The molecule has 1 atom stereocenters. The summed E-state index contributed by atoms with van der Waals surface area (Å²) in [4.78, 5) is 19.6. The number of carbonyl (C=O) groups excluding carboxylic acids is 1. The number of carbonyl (C=O) groups is 1. The maximum Gasteiger partial charge on any atom is 0.258 e. The minimum atomic E-state index is -0.834. The van der Waals surface area contributed by atoms with Crippen molar-refractivity contribution >= 4 is 11.9 Å². The standard InChI is InChI=1S/C10H15N3O2/c1-4-10(2,15-3)8(14)13-9-11-6-5-7-12-9/h5-7H,4H2,1-3H3,(H,11,12,13,14). The van der Waals surface area contributed by atoms with Crippen LogP contribution in [0.15, 0.2) is 18.5 Å². The zero-order valence-corrected chi connectivity index (χ0v) is 9.15. The van der Waals surface area contributed by atoms with Crippen LogP contribution >= 0.6 is 0 Å². The van der Waals surface area contributed by atoms with Gasteiger partial charge in [0, 0.05) is 19.5 Å². The lowest BCUT2D eigenvalue weighted by atomic mass is 10.0. The van der Waals surface area contributed by atoms with E-state index in [1.165, 1.54) is 7.11 Å². The number of aromatic nitrogens is 2. The fourth-order valence-electron chi connectivity index (χ4n) is 0.995. The highest BCUT2D eigenvalue weighted by Gasteiger charge is 2.31. The van der Waals surface area contributed by atoms with Crippen molar-refractivity contribution in [3.05, 3.63) is 18.5 Å². The molecule has 0 aliphatic heterocycles. The molecule has 0 radical (unpaired) electrons. The van der Waals surface area contributed by atoms with E-state index in [0.717, 1.165) is 0 Å². The van der Waals surface area contributed by atoms with Gasteiger partial charge < -0.3 is 4.74 Å². The van der Waals surface area contributed by atoms with Gasteiger partial charge in [-0.15, -0.1) is 0 Å². The molecule has 1 unspecified atom stereocenters. The molecule has 1 heterocycles. The first-order chi connectivity index (χ1) is 7.12. The molecule has 0 saturated heterocycles. The maximum absolute atomic E-state index is 11.8. The minimum Gasteiger partial charge on any atom is -0.369 e. The van der Waals surface area contributed by atoms with Gasteiger partial charge in [-0.1, -0.05) is 6.92 Å². The Morgan fingerprint density at radius 3 is 2.60 bits per heavy atom. The molecule has 0 aliphatic rings. The summed E-state index contributed by atoms with van der Waals surface area (Å²) in [5, 5.41) is 2.60. The molecule has 0 saturated carbocycles. The molecule has 1 rings (SSSR count). The van der Waals surface area contributed by atoms with E-state index < -0.39 is 5.60 Å². The molecule has 0 fully saturated rings. The number of anilines is 1. The van der Waals surface area contributed by atoms with Crippen molar-refractivity contribution in [3.63, 3.8) is 0 Å². The number of methoxy groups -OCH3 is 1. The first kappa shape index (κ1) is 11.6. The van der Waals surface area contributed by atoms with Gasteiger partial charge in [-0.05, 0) is 19.4 Å². The van der Waals surface area contributed by atoms with Gasteiger partial charge in [-0.3, -0.25) is 10.1 Å². The lowest BCUT2D eigenvalue weighted by Gasteiger charge is -2.24. The Balaban J connectivity index is 2.71. The number of ether oxygens (including phenoxy) is 1. The second-order valence-electron chi connectivity index (χ2n) is 3.32. The van der Waals surface area contributed by atoms with Crippen molar-refractivity contribution in [3.8, 4) is 0 Å². The summed E-state index contributed by atoms with van der Waals surface area (Å²) >= 11 is 0. The van der Waals surface area contributed by atoms with Crippen LogP contribution in [-0.2, 0) is 9.53 Å². The molecule has 1 N–H and O–H groups in total. The largest absolute Gasteiger partial charge is 0.369 e. The summed E-state index contributed by atoms with van der Waals surface area (Å²) in [6.07, 6.45) is 3.72. The molecule has 15 heavy (non-hydrogen) atoms. The summed E-state index contributed by atoms with van der Waals surface area (Å²) in [5.41, 5.74) is -0.834. The van der Waals surface area contributed by atoms with E-state index in [-0.39, 0.29) is 5.91 Å². The molecule has 82 valence electrons. The van der Waals surface area contributed by atoms with E-state index in [1.54, 1.807) is 25.4 Å². The molecule has 5 heteroatoms. The minimum absolute atomic E-state index is 0.237. The highest BCUT2D eigenvalue weighted by atomic mass is 16.5. The van der Waals surface area contributed by atoms with Crippen molar-refractivity contribution in [1.82, 2.24) is 9.97 Å². The normalized spacial score (nSPS) is 14.3. The molecule has 0 spiro atoms. The van der Waals surface area contributed by atoms with E-state index in [0.29, 0.717) is 12.4 Å². The Kier molecular flexibility index (Phi) is 3.74. The fraction of sp³-hybridized carbons (Fsp3) is 0.500. The number of nitrogens with one attached hydrogen (secondary N) is 1. The predicted octanol–water partition coefficient (Wildman–Crippen LogP) is 1.23. The average Bonchev–Trinajstić information content (AvgIpc) is 2.29. The summed E-state index contributed by atoms with van der Waals surface area (Å²) < 4.78 is 5.15. The van der Waals surface area contributed by atoms with Gasteiger partial charge in [-0.25, -0.2) is 9.97 Å². The van der Waals surface area contributed by atoms with E-state index >= 15 is 0 Å². The van der Waals surface area contributed by atoms with Gasteiger partial charge in [0.25, 0.3) is 5.91 Å². The molecule has 0 aromatic carbocycles. The van der Waals surface area contributed by atoms with E-state index in [1.807, 2.05) is 6.92 Å². The summed E-state index contributed by atoms with van der Waals surface area (Å²) in [6.45, 7) is 3.61. The third kappa shape index (κ3) is 2.73. The highest BCUT2D eigenvalue weighted by Crippen LogP contribution is 2.15. The molecule has 0 aliphatic carbocycles. The van der Waals surface area contributed by atoms with Gasteiger partial charge in [0.05, 0.1) is 0 Å². The van der Waals surface area contributed by atoms with Crippen LogP contribution in [0.1, 0.15) is 20.3 Å². The zero-order valence-electron chi connectivity index (χ0n) is 9.15. The average molecular weight is 209 g/mol. The Morgan fingerprint density at radius 2 is 2.13 bits per heavy atom. The number of hydrogen-bond acceptors (Lipinski definition) is 4. The van der Waals surface area contributed by atoms with Crippen molar-refractivity contribution in [2.45, 2.75) is 25.9 Å². The van der Waals surface area contributed by atoms with Gasteiger partial charge in [0.15, 0.2) is 0 Å². The van der Waals surface area contributed by atoms with Crippen molar-refractivity contribution in [2.75, 3.05) is 12.4 Å². The Hall–Kier alpha value is -1.49. The molecule has 1 aromatic heterocycles. The van der Waals surface area contributed by atoms with Crippen LogP contribution in [0.25, 0.3) is 0 Å². The van der Waals surface area contributed by atoms with Gasteiger partial charge >= 0.3 is 0 Å². The maximum atomic E-state index is 11.8. The molecule has 0 bridgehead atoms. The monoisotopic (exact) mass is 209 g/mol. The number of rotatable bonds is 4. The third-order valence-electron chi connectivity index (χ3n) is 2.40. The van der Waals surface area contributed by atoms with E-state index in [9.17, 15) is 4.79 Å². The van der Waals surface area contributed by atoms with Gasteiger partial charge in [-0.2, -0.15) is 0 Å². The molecule has 1 aromatic rings. The Bertz CT molecular complexity index is 323. The highest BCUT2D eigenvalue weighted by molar-refractivity contribution is 5.95. The Morgan fingerprint density at radius 1 is 1.53 bits per heavy atom. The van der Waals surface area contributed by atoms with E-state index in [4.69, 9.17) is 4.74 Å². The predicted molar refractivity (Wildman–Crippen MR) is 56.4 cm³/mol. The van der Waals surface area contributed by atoms with Crippen LogP contribution in [0.4, 0.5) is 5.95 Å². The quantitative estimate of drug-likeness (QED) is 0.810. The first-order valence-corrected chi connectivity index (χ1v) is 4.76. The van der Waals surface area contributed by atoms with Crippen LogP contribution in [0.5, 0.6) is 0 Å². The van der Waals surface area contributed by atoms with Crippen LogP contribution in [-0.4, -0.2) is 28.6 Å². The van der Waals surface area contributed by atoms with Gasteiger partial charge in [0.1, 0.15) is 5.60 Å². The lowest BCUT2D eigenvalue weighted by molar-refractivity contribution is -0.136. The topological polar surface area (TPSA) is 64.1 Å². The second kappa shape index (κ2) is 4.84. The lowest BCUT2D eigenvalue weighted by Crippen LogP contribution is -2.41. The number of nitrogens with zero attached hydrogens (tertiary/aromatic N) is 2. The van der Waals surface area contributed by atoms with Crippen LogP contribution in [0.2, 0.25) is 0 Å². The summed E-state index contributed by atoms with van der Waals surface area (Å²) in [7, 11) is 1.51. The van der Waals surface area contributed by atoms with Crippen molar-refractivity contribution < 1.29 is 9.53 Å². The zero-order chi connectivity index (χ0) is 11.3. The summed E-state index contributed by atoms with van der Waals surface area (Å²) in [6, 6.07) is 1.69. The summed E-state index contributed by atoms with van der Waals surface area (Å²) in [5.74, 6) is 0.0536. The molecule has 5 nitrogen and oxygen atoms in total. The first-order valence-electron chi connectivity index (χ1n) is 4.76. The number of amides is 1. The molecule has 1 amide bonds. The SMILES string of the molecule is CCC(C)(OC)C(=O)Nc1ncccn1. The Labute approximate surface area is 88.9 Å². The van der Waals surface area contributed by atoms with Crippen molar-refractivity contribution in [1.29, 1.82) is 0 Å². The number of hydrogen-bond donors (Lipinski definition) is 1. The third-order valence-corrected chi connectivity index (χ3v) is 2.40. The van der Waals surface area contributed by atoms with E-state index in [2.05, 4.69) is 15.3 Å². The fourth-order valence-corrected chi connectivity index (χ4v) is 0.995. The van der Waals surface area contributed by atoms with Crippen LogP contribution in [0.3, 0.4) is 0 Å². The molecular formula is C10H15N3O2. The van der Waals surface area contributed by atoms with Crippen LogP contribution in [0, 0.1) is 0 Å². The van der Waals surface area contributed by atoms with Crippen LogP contribution < -0.4 is 5.32 Å². The molecular weight excluding hydrogens is 194 g/mol. The van der Waals surface area contributed by atoms with Gasteiger partial charge in [0.2, 0.25) is 5.95 Å². The second-order valence-corrected chi connectivity index (χ2v) is 3.32. The smallest absolute Gasteiger partial charge is 0.258 e. The van der Waals surface area contributed by atoms with Crippen molar-refractivity contribution in [2.24, 2.45) is 0 Å².